The number of hydrogen-bond donors (Lipinski definition) is 1. The number of amides is 1. The first-order chi connectivity index (χ1) is 14.1. The fourth-order valence-corrected chi connectivity index (χ4v) is 3.76. The van der Waals surface area contributed by atoms with Gasteiger partial charge in [-0.05, 0) is 24.3 Å². The minimum Gasteiger partial charge on any atom is -0.478 e. The Kier molecular flexibility index (Phi) is 3.94. The molecule has 3 heterocycles. The van der Waals surface area contributed by atoms with Crippen LogP contribution in [0.4, 0.5) is 5.69 Å². The van der Waals surface area contributed by atoms with Crippen LogP contribution < -0.4 is 15.7 Å². The Labute approximate surface area is 165 Å². The summed E-state index contributed by atoms with van der Waals surface area (Å²) in [5, 5.41) is 7.73. The highest BCUT2D eigenvalue weighted by Gasteiger charge is 2.44. The van der Waals surface area contributed by atoms with E-state index >= 15 is 0 Å². The molecular formula is C22H17N3O4. The van der Waals surface area contributed by atoms with Crippen LogP contribution in [-0.2, 0) is 11.8 Å². The number of para-hydroxylation sites is 2. The second-order valence-electron chi connectivity index (χ2n) is 6.95. The summed E-state index contributed by atoms with van der Waals surface area (Å²) in [6, 6.07) is 16.3. The summed E-state index contributed by atoms with van der Waals surface area (Å²) < 4.78 is 13.2. The molecule has 0 radical (unpaired) electrons. The maximum atomic E-state index is 13.1. The minimum absolute atomic E-state index is 0.338. The Morgan fingerprint density at radius 3 is 2.62 bits per heavy atom. The number of aromatic nitrogens is 2. The summed E-state index contributed by atoms with van der Waals surface area (Å²) in [5.41, 5.74) is 1.61. The maximum absolute atomic E-state index is 13.1. The predicted octanol–water partition coefficient (Wildman–Crippen LogP) is 3.06. The maximum Gasteiger partial charge on any atom is 0.344 e. The van der Waals surface area contributed by atoms with Crippen molar-refractivity contribution in [2.45, 2.75) is 12.0 Å². The first-order valence-electron chi connectivity index (χ1n) is 9.18. The Hall–Kier alpha value is -3.87. The first kappa shape index (κ1) is 17.2. The highest BCUT2D eigenvalue weighted by molar-refractivity contribution is 5.97. The van der Waals surface area contributed by atoms with Crippen LogP contribution in [0.25, 0.3) is 11.0 Å². The lowest BCUT2D eigenvalue weighted by Gasteiger charge is -2.17. The fraction of sp³-hybridized carbons (Fsp3) is 0.136. The van der Waals surface area contributed by atoms with E-state index in [1.807, 2.05) is 30.3 Å². The zero-order valence-electron chi connectivity index (χ0n) is 15.5. The number of anilines is 1. The number of carbonyl (C=O) groups is 1. The second-order valence-corrected chi connectivity index (χ2v) is 6.95. The highest BCUT2D eigenvalue weighted by atomic mass is 16.5. The molecular weight excluding hydrogens is 370 g/mol. The van der Waals surface area contributed by atoms with E-state index in [4.69, 9.17) is 9.15 Å². The molecule has 144 valence electrons. The van der Waals surface area contributed by atoms with E-state index in [2.05, 4.69) is 10.4 Å². The standard InChI is InChI=1S/C22H17N3O4/c1-25-12-13(11-23-25)17-18-19(15-9-5-6-10-16(15)28-22(18)27)29-20(17)21(26)24-14-7-3-2-4-8-14/h2-12,17,20H,1H3,(H,24,26). The number of nitrogens with zero attached hydrogens (tertiary/aromatic N) is 2. The van der Waals surface area contributed by atoms with Gasteiger partial charge >= 0.3 is 5.63 Å². The van der Waals surface area contributed by atoms with Crippen LogP contribution >= 0.6 is 0 Å². The largest absolute Gasteiger partial charge is 0.478 e. The predicted molar refractivity (Wildman–Crippen MR) is 107 cm³/mol. The van der Waals surface area contributed by atoms with Crippen molar-refractivity contribution in [1.29, 1.82) is 0 Å². The molecule has 1 N–H and O–H groups in total. The van der Waals surface area contributed by atoms with E-state index in [9.17, 15) is 9.59 Å². The Balaban J connectivity index is 1.64. The molecule has 29 heavy (non-hydrogen) atoms. The Morgan fingerprint density at radius 1 is 1.10 bits per heavy atom. The van der Waals surface area contributed by atoms with Gasteiger partial charge in [-0.2, -0.15) is 5.10 Å². The second kappa shape index (κ2) is 6.63. The van der Waals surface area contributed by atoms with Crippen molar-refractivity contribution in [3.63, 3.8) is 0 Å². The SMILES string of the molecule is Cn1cc(C2c3c(c4ccccc4oc3=O)OC2C(=O)Nc2ccccc2)cn1. The lowest BCUT2D eigenvalue weighted by molar-refractivity contribution is -0.122. The fourth-order valence-electron chi connectivity index (χ4n) is 3.76. The van der Waals surface area contributed by atoms with Gasteiger partial charge in [-0.15, -0.1) is 0 Å². The van der Waals surface area contributed by atoms with Gasteiger partial charge in [-0.3, -0.25) is 9.48 Å². The van der Waals surface area contributed by atoms with Gasteiger partial charge in [0.05, 0.1) is 23.1 Å². The van der Waals surface area contributed by atoms with Gasteiger partial charge in [0.1, 0.15) is 11.3 Å². The van der Waals surface area contributed by atoms with Crippen LogP contribution in [0.15, 0.2) is 76.2 Å². The van der Waals surface area contributed by atoms with Crippen molar-refractivity contribution in [2.75, 3.05) is 5.32 Å². The molecule has 0 fully saturated rings. The van der Waals surface area contributed by atoms with E-state index < -0.39 is 17.6 Å². The van der Waals surface area contributed by atoms with Crippen LogP contribution in [-0.4, -0.2) is 21.8 Å². The molecule has 0 spiro atoms. The van der Waals surface area contributed by atoms with E-state index in [1.54, 1.807) is 48.4 Å². The third-order valence-electron chi connectivity index (χ3n) is 5.04. The van der Waals surface area contributed by atoms with E-state index in [-0.39, 0.29) is 5.91 Å². The van der Waals surface area contributed by atoms with E-state index in [0.717, 1.165) is 0 Å². The normalized spacial score (nSPS) is 17.7. The number of hydrogen-bond acceptors (Lipinski definition) is 5. The molecule has 7 heteroatoms. The van der Waals surface area contributed by atoms with E-state index in [1.165, 1.54) is 0 Å². The van der Waals surface area contributed by atoms with Gasteiger partial charge in [-0.25, -0.2) is 4.79 Å². The van der Waals surface area contributed by atoms with Gasteiger partial charge in [-0.1, -0.05) is 30.3 Å². The zero-order chi connectivity index (χ0) is 20.0. The summed E-state index contributed by atoms with van der Waals surface area (Å²) in [5.74, 6) is -0.577. The monoisotopic (exact) mass is 387 g/mol. The molecule has 4 aromatic rings. The Morgan fingerprint density at radius 2 is 1.86 bits per heavy atom. The summed E-state index contributed by atoms with van der Waals surface area (Å²) in [6.07, 6.45) is 2.49. The van der Waals surface area contributed by atoms with Crippen molar-refractivity contribution in [2.24, 2.45) is 7.05 Å². The smallest absolute Gasteiger partial charge is 0.344 e. The molecule has 2 unspecified atom stereocenters. The molecule has 2 aromatic carbocycles. The van der Waals surface area contributed by atoms with Crippen molar-refractivity contribution in [1.82, 2.24) is 9.78 Å². The molecule has 2 aromatic heterocycles. The Bertz CT molecular complexity index is 1280. The molecule has 5 rings (SSSR count). The number of nitrogens with one attached hydrogen (secondary N) is 1. The van der Waals surface area contributed by atoms with Crippen molar-refractivity contribution < 1.29 is 13.9 Å². The van der Waals surface area contributed by atoms with Crippen LogP contribution in [0.1, 0.15) is 17.0 Å². The third kappa shape index (κ3) is 2.87. The minimum atomic E-state index is -0.928. The molecule has 1 amide bonds. The third-order valence-corrected chi connectivity index (χ3v) is 5.04. The van der Waals surface area contributed by atoms with Crippen LogP contribution in [0.3, 0.4) is 0 Å². The molecule has 0 aliphatic carbocycles. The number of fused-ring (bicyclic) bond motifs is 3. The molecule has 2 atom stereocenters. The van der Waals surface area contributed by atoms with Crippen LogP contribution in [0.2, 0.25) is 0 Å². The average Bonchev–Trinajstić information content (AvgIpc) is 3.33. The van der Waals surface area contributed by atoms with Gasteiger partial charge in [0, 0.05) is 24.5 Å². The lowest BCUT2D eigenvalue weighted by atomic mass is 9.90. The van der Waals surface area contributed by atoms with Crippen LogP contribution in [0.5, 0.6) is 5.75 Å². The first-order valence-corrected chi connectivity index (χ1v) is 9.18. The molecule has 7 nitrogen and oxygen atoms in total. The summed E-state index contributed by atoms with van der Waals surface area (Å²) in [6.45, 7) is 0. The van der Waals surface area contributed by atoms with Crippen molar-refractivity contribution >= 4 is 22.6 Å². The lowest BCUT2D eigenvalue weighted by Crippen LogP contribution is -2.35. The van der Waals surface area contributed by atoms with Gasteiger partial charge in [0.15, 0.2) is 6.10 Å². The number of carbonyl (C=O) groups excluding carboxylic acids is 1. The highest BCUT2D eigenvalue weighted by Crippen LogP contribution is 2.44. The topological polar surface area (TPSA) is 86.4 Å². The van der Waals surface area contributed by atoms with Crippen molar-refractivity contribution in [3.05, 3.63) is 88.5 Å². The summed E-state index contributed by atoms with van der Waals surface area (Å²) >= 11 is 0. The van der Waals surface area contributed by atoms with E-state index in [0.29, 0.717) is 33.5 Å². The number of ether oxygens (including phenoxy) is 1. The summed E-state index contributed by atoms with van der Waals surface area (Å²) in [4.78, 5) is 26.0. The van der Waals surface area contributed by atoms with Gasteiger partial charge < -0.3 is 14.5 Å². The quantitative estimate of drug-likeness (QED) is 0.546. The number of benzene rings is 2. The zero-order valence-corrected chi connectivity index (χ0v) is 15.5. The van der Waals surface area contributed by atoms with Gasteiger partial charge in [0.2, 0.25) is 0 Å². The summed E-state index contributed by atoms with van der Waals surface area (Å²) in [7, 11) is 1.78. The van der Waals surface area contributed by atoms with Gasteiger partial charge in [0.25, 0.3) is 5.91 Å². The molecule has 0 bridgehead atoms. The average molecular weight is 387 g/mol. The number of aryl methyl sites for hydroxylation is 1. The van der Waals surface area contributed by atoms with Crippen molar-refractivity contribution in [3.8, 4) is 5.75 Å². The molecule has 0 saturated carbocycles. The number of rotatable bonds is 3. The molecule has 1 aliphatic rings. The molecule has 1 aliphatic heterocycles. The van der Waals surface area contributed by atoms with Crippen LogP contribution in [0, 0.1) is 0 Å². The molecule has 0 saturated heterocycles.